The highest BCUT2D eigenvalue weighted by Crippen LogP contribution is 2.25. The molecule has 2 aromatic heterocycles. The van der Waals surface area contributed by atoms with Crippen molar-refractivity contribution < 1.29 is 14.1 Å². The number of carbonyl (C=O) groups is 1. The highest BCUT2D eigenvalue weighted by Gasteiger charge is 2.24. The van der Waals surface area contributed by atoms with Crippen molar-refractivity contribution in [2.75, 3.05) is 13.1 Å². The van der Waals surface area contributed by atoms with E-state index in [1.165, 1.54) is 16.8 Å². The number of nitro groups is 1. The number of furan rings is 1. The number of piperidine rings is 1. The molecule has 138 valence electrons. The highest BCUT2D eigenvalue weighted by molar-refractivity contribution is 5.94. The second-order valence-corrected chi connectivity index (χ2v) is 6.43. The molecule has 1 fully saturated rings. The fourth-order valence-electron chi connectivity index (χ4n) is 3.25. The van der Waals surface area contributed by atoms with Gasteiger partial charge in [-0.3, -0.25) is 14.9 Å². The third kappa shape index (κ3) is 3.33. The Labute approximate surface area is 155 Å². The molecule has 8 heteroatoms. The number of rotatable bonds is 4. The lowest BCUT2D eigenvalue weighted by molar-refractivity contribution is -0.384. The smallest absolute Gasteiger partial charge is 0.272 e. The molecule has 1 aliphatic heterocycles. The van der Waals surface area contributed by atoms with Crippen molar-refractivity contribution in [2.45, 2.75) is 19.3 Å². The number of nitro benzene ring substituents is 1. The number of hydrogen-bond donors (Lipinski definition) is 0. The first kappa shape index (κ1) is 17.0. The monoisotopic (exact) mass is 366 g/mol. The standard InChI is InChI=1S/C19H18N4O4/c24-19(21-10-2-1-3-11-21)17-13-16(18-5-4-12-27-18)20-22(17)14-6-8-15(9-7-14)23(25)26/h4-9,12-13H,1-3,10-11H2. The van der Waals surface area contributed by atoms with E-state index in [1.807, 2.05) is 4.90 Å². The number of nitrogens with zero attached hydrogens (tertiary/aromatic N) is 4. The molecule has 1 aliphatic rings. The highest BCUT2D eigenvalue weighted by atomic mass is 16.6. The molecule has 1 saturated heterocycles. The van der Waals surface area contributed by atoms with Gasteiger partial charge in [0.05, 0.1) is 16.9 Å². The molecule has 0 atom stereocenters. The summed E-state index contributed by atoms with van der Waals surface area (Å²) in [4.78, 5) is 25.3. The van der Waals surface area contributed by atoms with Crippen molar-refractivity contribution in [2.24, 2.45) is 0 Å². The molecule has 1 amide bonds. The van der Waals surface area contributed by atoms with Crippen LogP contribution >= 0.6 is 0 Å². The first-order chi connectivity index (χ1) is 13.1. The predicted octanol–water partition coefficient (Wildman–Crippen LogP) is 3.67. The minimum atomic E-state index is -0.457. The molecule has 27 heavy (non-hydrogen) atoms. The van der Waals surface area contributed by atoms with Crippen LogP contribution in [-0.2, 0) is 0 Å². The molecular weight excluding hydrogens is 348 g/mol. The summed E-state index contributed by atoms with van der Waals surface area (Å²) >= 11 is 0. The normalized spacial score (nSPS) is 14.3. The number of carbonyl (C=O) groups excluding carboxylic acids is 1. The summed E-state index contributed by atoms with van der Waals surface area (Å²) in [6.45, 7) is 1.45. The van der Waals surface area contributed by atoms with E-state index in [1.54, 1.807) is 36.6 Å². The van der Waals surface area contributed by atoms with Crippen molar-refractivity contribution in [3.05, 3.63) is 64.5 Å². The van der Waals surface area contributed by atoms with E-state index in [4.69, 9.17) is 4.42 Å². The van der Waals surface area contributed by atoms with Crippen LogP contribution in [0.1, 0.15) is 29.8 Å². The van der Waals surface area contributed by atoms with Gasteiger partial charge in [0.25, 0.3) is 11.6 Å². The molecule has 0 unspecified atom stereocenters. The first-order valence-corrected chi connectivity index (χ1v) is 8.81. The van der Waals surface area contributed by atoms with Gasteiger partial charge in [0.15, 0.2) is 5.76 Å². The zero-order chi connectivity index (χ0) is 18.8. The van der Waals surface area contributed by atoms with Crippen molar-refractivity contribution in [1.29, 1.82) is 0 Å². The summed E-state index contributed by atoms with van der Waals surface area (Å²) < 4.78 is 6.94. The molecule has 4 rings (SSSR count). The molecule has 0 N–H and O–H groups in total. The van der Waals surface area contributed by atoms with Crippen LogP contribution < -0.4 is 0 Å². The number of hydrogen-bond acceptors (Lipinski definition) is 5. The lowest BCUT2D eigenvalue weighted by Gasteiger charge is -2.26. The summed E-state index contributed by atoms with van der Waals surface area (Å²) in [5.74, 6) is 0.460. The lowest BCUT2D eigenvalue weighted by Crippen LogP contribution is -2.36. The van der Waals surface area contributed by atoms with Gasteiger partial charge >= 0.3 is 0 Å². The van der Waals surface area contributed by atoms with E-state index in [0.717, 1.165) is 32.4 Å². The predicted molar refractivity (Wildman–Crippen MR) is 97.7 cm³/mol. The molecule has 3 aromatic rings. The summed E-state index contributed by atoms with van der Waals surface area (Å²) in [5, 5.41) is 15.4. The van der Waals surface area contributed by atoms with Crippen LogP contribution in [0, 0.1) is 10.1 Å². The molecule has 8 nitrogen and oxygen atoms in total. The fourth-order valence-corrected chi connectivity index (χ4v) is 3.25. The summed E-state index contributed by atoms with van der Waals surface area (Å²) in [5.41, 5.74) is 1.52. The molecule has 0 saturated carbocycles. The van der Waals surface area contributed by atoms with Crippen LogP contribution in [0.2, 0.25) is 0 Å². The average Bonchev–Trinajstić information content (AvgIpc) is 3.38. The van der Waals surface area contributed by atoms with Gasteiger partial charge < -0.3 is 9.32 Å². The van der Waals surface area contributed by atoms with Gasteiger partial charge in [-0.2, -0.15) is 5.10 Å². The van der Waals surface area contributed by atoms with E-state index in [-0.39, 0.29) is 11.6 Å². The molecular formula is C19H18N4O4. The number of aromatic nitrogens is 2. The zero-order valence-electron chi connectivity index (χ0n) is 14.6. The maximum absolute atomic E-state index is 13.1. The summed E-state index contributed by atoms with van der Waals surface area (Å²) in [6.07, 6.45) is 4.65. The number of likely N-dealkylation sites (tertiary alicyclic amines) is 1. The van der Waals surface area contributed by atoms with E-state index in [9.17, 15) is 14.9 Å². The Morgan fingerprint density at radius 2 is 1.85 bits per heavy atom. The number of non-ortho nitro benzene ring substituents is 1. The van der Waals surface area contributed by atoms with Crippen LogP contribution in [-0.4, -0.2) is 38.6 Å². The fraction of sp³-hybridized carbons (Fsp3) is 0.263. The molecule has 0 radical (unpaired) electrons. The second kappa shape index (κ2) is 7.06. The Hall–Kier alpha value is -3.42. The largest absolute Gasteiger partial charge is 0.463 e. The van der Waals surface area contributed by atoms with Gasteiger partial charge in [0, 0.05) is 31.3 Å². The van der Waals surface area contributed by atoms with Gasteiger partial charge in [-0.15, -0.1) is 0 Å². The van der Waals surface area contributed by atoms with Crippen molar-refractivity contribution in [3.8, 4) is 17.1 Å². The van der Waals surface area contributed by atoms with Crippen LogP contribution in [0.5, 0.6) is 0 Å². The topological polar surface area (TPSA) is 94.4 Å². The zero-order valence-corrected chi connectivity index (χ0v) is 14.6. The van der Waals surface area contributed by atoms with Crippen LogP contribution in [0.25, 0.3) is 17.1 Å². The van der Waals surface area contributed by atoms with Gasteiger partial charge in [-0.25, -0.2) is 4.68 Å². The average molecular weight is 366 g/mol. The molecule has 1 aromatic carbocycles. The maximum atomic E-state index is 13.1. The Bertz CT molecular complexity index is 954. The van der Waals surface area contributed by atoms with E-state index >= 15 is 0 Å². The Kier molecular flexibility index (Phi) is 4.45. The third-order valence-electron chi connectivity index (χ3n) is 4.65. The van der Waals surface area contributed by atoms with Crippen molar-refractivity contribution in [3.63, 3.8) is 0 Å². The SMILES string of the molecule is O=C(c1cc(-c2ccco2)nn1-c1ccc([N+](=O)[O-])cc1)N1CCCCC1. The third-order valence-corrected chi connectivity index (χ3v) is 4.65. The van der Waals surface area contributed by atoms with E-state index in [2.05, 4.69) is 5.10 Å². The quantitative estimate of drug-likeness (QED) is 0.519. The number of amides is 1. The Morgan fingerprint density at radius 1 is 1.11 bits per heavy atom. The molecule has 0 aliphatic carbocycles. The lowest BCUT2D eigenvalue weighted by atomic mass is 10.1. The van der Waals surface area contributed by atoms with E-state index < -0.39 is 4.92 Å². The second-order valence-electron chi connectivity index (χ2n) is 6.43. The van der Waals surface area contributed by atoms with Crippen molar-refractivity contribution >= 4 is 11.6 Å². The van der Waals surface area contributed by atoms with Crippen molar-refractivity contribution in [1.82, 2.24) is 14.7 Å². The summed E-state index contributed by atoms with van der Waals surface area (Å²) in [7, 11) is 0. The van der Waals surface area contributed by atoms with Gasteiger partial charge in [0.1, 0.15) is 11.4 Å². The minimum Gasteiger partial charge on any atom is -0.463 e. The van der Waals surface area contributed by atoms with Crippen LogP contribution in [0.4, 0.5) is 5.69 Å². The van der Waals surface area contributed by atoms with Gasteiger partial charge in [-0.05, 0) is 43.5 Å². The minimum absolute atomic E-state index is 0.0129. The van der Waals surface area contributed by atoms with Gasteiger partial charge in [0.2, 0.25) is 0 Å². The van der Waals surface area contributed by atoms with E-state index in [0.29, 0.717) is 22.8 Å². The van der Waals surface area contributed by atoms with Crippen LogP contribution in [0.3, 0.4) is 0 Å². The Morgan fingerprint density at radius 3 is 2.48 bits per heavy atom. The van der Waals surface area contributed by atoms with Crippen LogP contribution in [0.15, 0.2) is 53.1 Å². The number of benzene rings is 1. The van der Waals surface area contributed by atoms with Gasteiger partial charge in [-0.1, -0.05) is 0 Å². The summed E-state index contributed by atoms with van der Waals surface area (Å²) in [6, 6.07) is 11.2. The molecule has 0 bridgehead atoms. The molecule has 3 heterocycles. The Balaban J connectivity index is 1.76. The molecule has 0 spiro atoms. The first-order valence-electron chi connectivity index (χ1n) is 8.81. The maximum Gasteiger partial charge on any atom is 0.272 e.